The van der Waals surface area contributed by atoms with Crippen LogP contribution in [0.25, 0.3) is 0 Å². The molecule has 1 rings (SSSR count). The zero-order valence-corrected chi connectivity index (χ0v) is 10.3. The third-order valence-corrected chi connectivity index (χ3v) is 2.00. The zero-order valence-electron chi connectivity index (χ0n) is 10.3. The van der Waals surface area contributed by atoms with Crippen molar-refractivity contribution in [2.75, 3.05) is 13.6 Å². The first kappa shape index (κ1) is 15.0. The minimum Gasteiger partial charge on any atom is -0.345 e. The maximum Gasteiger partial charge on any atom is 0.228 e. The molecule has 0 N–H and O–H groups in total. The van der Waals surface area contributed by atoms with Crippen molar-refractivity contribution in [3.63, 3.8) is 0 Å². The Morgan fingerprint density at radius 1 is 1.15 bits per heavy atom. The average molecular weight is 187 g/mol. The number of amides is 1. The molecule has 80 valence electrons. The molecular formula is C11H25NO. The lowest BCUT2D eigenvalue weighted by Gasteiger charge is -2.14. The van der Waals surface area contributed by atoms with Crippen LogP contribution < -0.4 is 0 Å². The predicted octanol–water partition coefficient (Wildman–Crippen LogP) is 2.93. The summed E-state index contributed by atoms with van der Waals surface area (Å²) in [5.74, 6) is 0.280. The molecule has 13 heavy (non-hydrogen) atoms. The fourth-order valence-corrected chi connectivity index (χ4v) is 1.17. The molecule has 0 aromatic rings. The van der Waals surface area contributed by atoms with Gasteiger partial charge in [0.05, 0.1) is 0 Å². The Kier molecular flexibility index (Phi) is 7.98. The summed E-state index contributed by atoms with van der Waals surface area (Å²) in [4.78, 5) is 12.9. The van der Waals surface area contributed by atoms with Crippen LogP contribution in [0, 0.1) is 5.41 Å². The molecule has 1 saturated heterocycles. The summed E-state index contributed by atoms with van der Waals surface area (Å²) in [6.45, 7) is 12.9. The van der Waals surface area contributed by atoms with E-state index in [9.17, 15) is 4.79 Å². The largest absolute Gasteiger partial charge is 0.345 e. The third-order valence-electron chi connectivity index (χ3n) is 2.00. The molecule has 0 atom stereocenters. The lowest BCUT2D eigenvalue weighted by atomic mass is 9.92. The fraction of sp³-hybridized carbons (Fsp3) is 0.909. The van der Waals surface area contributed by atoms with Crippen LogP contribution in [0.5, 0.6) is 0 Å². The van der Waals surface area contributed by atoms with Gasteiger partial charge in [0.1, 0.15) is 0 Å². The van der Waals surface area contributed by atoms with Gasteiger partial charge in [-0.3, -0.25) is 4.79 Å². The molecule has 0 radical (unpaired) electrons. The van der Waals surface area contributed by atoms with E-state index in [1.807, 2.05) is 48.6 Å². The van der Waals surface area contributed by atoms with E-state index < -0.39 is 0 Å². The standard InChI is InChI=1S/C7H13NO.2C2H6/c1-7(2)4-5-8(3)6(7)9;2*1-2/h4-5H2,1-3H3;2*1-2H3. The highest BCUT2D eigenvalue weighted by molar-refractivity contribution is 5.83. The Hall–Kier alpha value is -0.530. The number of nitrogens with zero attached hydrogens (tertiary/aromatic N) is 1. The van der Waals surface area contributed by atoms with E-state index in [-0.39, 0.29) is 11.3 Å². The summed E-state index contributed by atoms with van der Waals surface area (Å²) in [6, 6.07) is 0. The van der Waals surface area contributed by atoms with E-state index >= 15 is 0 Å². The first-order valence-corrected chi connectivity index (χ1v) is 5.29. The van der Waals surface area contributed by atoms with E-state index in [4.69, 9.17) is 0 Å². The number of carbonyl (C=O) groups is 1. The Morgan fingerprint density at radius 2 is 1.54 bits per heavy atom. The van der Waals surface area contributed by atoms with E-state index in [0.29, 0.717) is 0 Å². The number of carbonyl (C=O) groups excluding carboxylic acids is 1. The molecule has 0 unspecified atom stereocenters. The molecule has 2 heteroatoms. The molecule has 0 spiro atoms. The molecule has 1 heterocycles. The third kappa shape index (κ3) is 4.30. The van der Waals surface area contributed by atoms with Gasteiger partial charge in [0.15, 0.2) is 0 Å². The van der Waals surface area contributed by atoms with Gasteiger partial charge in [-0.2, -0.15) is 0 Å². The van der Waals surface area contributed by atoms with Gasteiger partial charge in [0, 0.05) is 19.0 Å². The van der Waals surface area contributed by atoms with Crippen LogP contribution in [0.1, 0.15) is 48.0 Å². The van der Waals surface area contributed by atoms with Crippen molar-refractivity contribution in [2.45, 2.75) is 48.0 Å². The van der Waals surface area contributed by atoms with E-state index in [1.165, 1.54) is 0 Å². The van der Waals surface area contributed by atoms with Crippen LogP contribution in [0.2, 0.25) is 0 Å². The summed E-state index contributed by atoms with van der Waals surface area (Å²) in [5, 5.41) is 0. The average Bonchev–Trinajstić information content (AvgIpc) is 2.40. The highest BCUT2D eigenvalue weighted by Crippen LogP contribution is 2.28. The fourth-order valence-electron chi connectivity index (χ4n) is 1.17. The van der Waals surface area contributed by atoms with E-state index in [0.717, 1.165) is 13.0 Å². The van der Waals surface area contributed by atoms with Crippen molar-refractivity contribution >= 4 is 5.91 Å². The Bertz CT molecular complexity index is 141. The number of hydrogen-bond donors (Lipinski definition) is 0. The second kappa shape index (κ2) is 6.93. The Morgan fingerprint density at radius 3 is 1.62 bits per heavy atom. The van der Waals surface area contributed by atoms with Gasteiger partial charge < -0.3 is 4.90 Å². The van der Waals surface area contributed by atoms with Crippen LogP contribution in [0.15, 0.2) is 0 Å². The number of rotatable bonds is 0. The smallest absolute Gasteiger partial charge is 0.228 e. The maximum absolute atomic E-state index is 11.2. The summed E-state index contributed by atoms with van der Waals surface area (Å²) >= 11 is 0. The zero-order chi connectivity index (χ0) is 11.1. The minimum absolute atomic E-state index is 0.0885. The molecule has 1 aliphatic heterocycles. The van der Waals surface area contributed by atoms with Gasteiger partial charge in [-0.15, -0.1) is 0 Å². The Balaban J connectivity index is 0. The van der Waals surface area contributed by atoms with Gasteiger partial charge in [0.2, 0.25) is 5.91 Å². The molecule has 0 bridgehead atoms. The molecule has 0 aliphatic carbocycles. The van der Waals surface area contributed by atoms with Crippen molar-refractivity contribution < 1.29 is 4.79 Å². The van der Waals surface area contributed by atoms with Gasteiger partial charge >= 0.3 is 0 Å². The van der Waals surface area contributed by atoms with Gasteiger partial charge in [0.25, 0.3) is 0 Å². The molecule has 1 amide bonds. The highest BCUT2D eigenvalue weighted by Gasteiger charge is 2.36. The van der Waals surface area contributed by atoms with Crippen molar-refractivity contribution in [3.05, 3.63) is 0 Å². The topological polar surface area (TPSA) is 20.3 Å². The van der Waals surface area contributed by atoms with Crippen molar-refractivity contribution in [1.29, 1.82) is 0 Å². The minimum atomic E-state index is -0.0885. The van der Waals surface area contributed by atoms with Crippen LogP contribution in [-0.2, 0) is 4.79 Å². The lowest BCUT2D eigenvalue weighted by Crippen LogP contribution is -2.27. The van der Waals surface area contributed by atoms with Gasteiger partial charge in [-0.05, 0) is 6.42 Å². The number of likely N-dealkylation sites (tertiary alicyclic amines) is 1. The second-order valence-corrected chi connectivity index (χ2v) is 3.36. The lowest BCUT2D eigenvalue weighted by molar-refractivity contribution is -0.133. The highest BCUT2D eigenvalue weighted by atomic mass is 16.2. The van der Waals surface area contributed by atoms with Crippen molar-refractivity contribution in [3.8, 4) is 0 Å². The van der Waals surface area contributed by atoms with Crippen LogP contribution >= 0.6 is 0 Å². The van der Waals surface area contributed by atoms with Crippen molar-refractivity contribution in [2.24, 2.45) is 5.41 Å². The molecule has 0 saturated carbocycles. The summed E-state index contributed by atoms with van der Waals surface area (Å²) in [5.41, 5.74) is -0.0885. The molecule has 1 aliphatic rings. The monoisotopic (exact) mass is 187 g/mol. The van der Waals surface area contributed by atoms with Crippen LogP contribution in [0.4, 0.5) is 0 Å². The first-order valence-electron chi connectivity index (χ1n) is 5.29. The van der Waals surface area contributed by atoms with Crippen LogP contribution in [-0.4, -0.2) is 24.4 Å². The SMILES string of the molecule is CC.CC.CN1CCC(C)(C)C1=O. The van der Waals surface area contributed by atoms with E-state index in [1.54, 1.807) is 4.90 Å². The summed E-state index contributed by atoms with van der Waals surface area (Å²) in [7, 11) is 1.86. The van der Waals surface area contributed by atoms with Gasteiger partial charge in [-0.1, -0.05) is 41.5 Å². The molecule has 0 aromatic carbocycles. The predicted molar refractivity (Wildman–Crippen MR) is 58.7 cm³/mol. The Labute approximate surface area is 83.3 Å². The number of hydrogen-bond acceptors (Lipinski definition) is 1. The molecule has 2 nitrogen and oxygen atoms in total. The maximum atomic E-state index is 11.2. The van der Waals surface area contributed by atoms with Crippen LogP contribution in [0.3, 0.4) is 0 Å². The first-order chi connectivity index (χ1) is 6.04. The van der Waals surface area contributed by atoms with E-state index in [2.05, 4.69) is 0 Å². The molecular weight excluding hydrogens is 162 g/mol. The quantitative estimate of drug-likeness (QED) is 0.571. The second-order valence-electron chi connectivity index (χ2n) is 3.36. The summed E-state index contributed by atoms with van der Waals surface area (Å²) < 4.78 is 0. The van der Waals surface area contributed by atoms with Gasteiger partial charge in [-0.25, -0.2) is 0 Å². The summed E-state index contributed by atoms with van der Waals surface area (Å²) in [6.07, 6.45) is 1.00. The molecule has 0 aromatic heterocycles. The van der Waals surface area contributed by atoms with Crippen molar-refractivity contribution in [1.82, 2.24) is 4.90 Å². The normalized spacial score (nSPS) is 18.4. The molecule has 1 fully saturated rings.